The molecule has 1 saturated heterocycles. The van der Waals surface area contributed by atoms with Crippen molar-refractivity contribution >= 4 is 15.9 Å². The van der Waals surface area contributed by atoms with Crippen LogP contribution in [0.4, 0.5) is 0 Å². The lowest BCUT2D eigenvalue weighted by Crippen LogP contribution is -2.86. The largest absolute Gasteiger partial charge is 0.336 e. The quantitative estimate of drug-likeness (QED) is 0.926. The number of aromatic nitrogens is 2. The first-order valence-corrected chi connectivity index (χ1v) is 7.05. The van der Waals surface area contributed by atoms with Crippen molar-refractivity contribution in [1.82, 2.24) is 10.1 Å². The Balaban J connectivity index is 1.82. The van der Waals surface area contributed by atoms with E-state index >= 15 is 0 Å². The van der Waals surface area contributed by atoms with Gasteiger partial charge in [0.25, 0.3) is 5.89 Å². The minimum atomic E-state index is 0.343. The van der Waals surface area contributed by atoms with Gasteiger partial charge < -0.3 is 9.84 Å². The number of quaternary nitrogens is 1. The molecule has 0 radical (unpaired) electrons. The minimum absolute atomic E-state index is 0.343. The second kappa shape index (κ2) is 5.20. The Kier molecular flexibility index (Phi) is 3.43. The third-order valence-electron chi connectivity index (χ3n) is 3.28. The van der Waals surface area contributed by atoms with Gasteiger partial charge in [0.2, 0.25) is 5.82 Å². The summed E-state index contributed by atoms with van der Waals surface area (Å²) < 4.78 is 6.44. The van der Waals surface area contributed by atoms with Gasteiger partial charge in [0.05, 0.1) is 6.54 Å². The number of rotatable bonds is 2. The third-order valence-corrected chi connectivity index (χ3v) is 3.81. The van der Waals surface area contributed by atoms with Gasteiger partial charge in [0, 0.05) is 16.5 Å². The number of nitrogens with two attached hydrogens (primary N) is 1. The second-order valence-electron chi connectivity index (χ2n) is 4.59. The molecule has 1 aliphatic rings. The zero-order chi connectivity index (χ0) is 12.4. The number of hydrogen-bond donors (Lipinski definition) is 1. The Morgan fingerprint density at radius 3 is 2.78 bits per heavy atom. The normalized spacial score (nSPS) is 19.9. The van der Waals surface area contributed by atoms with Crippen LogP contribution in [0.5, 0.6) is 0 Å². The van der Waals surface area contributed by atoms with Gasteiger partial charge in [-0.1, -0.05) is 21.1 Å². The van der Waals surface area contributed by atoms with Crippen LogP contribution >= 0.6 is 15.9 Å². The van der Waals surface area contributed by atoms with Crippen molar-refractivity contribution in [3.05, 3.63) is 34.6 Å². The maximum atomic E-state index is 5.38. The Morgan fingerprint density at radius 1 is 1.22 bits per heavy atom. The predicted octanol–water partition coefficient (Wildman–Crippen LogP) is 2.29. The van der Waals surface area contributed by atoms with Crippen LogP contribution in [0.25, 0.3) is 11.4 Å². The highest BCUT2D eigenvalue weighted by atomic mass is 79.9. The number of hydrogen-bond acceptors (Lipinski definition) is 3. The summed E-state index contributed by atoms with van der Waals surface area (Å²) in [5.74, 6) is 1.43. The summed E-state index contributed by atoms with van der Waals surface area (Å²) in [5, 5.41) is 6.36. The third kappa shape index (κ3) is 2.47. The Labute approximate surface area is 114 Å². The van der Waals surface area contributed by atoms with Crippen LogP contribution in [0.3, 0.4) is 0 Å². The standard InChI is InChI=1S/C13H14BrN3O/c14-10-6-4-9(5-7-10)12-16-13(18-17-12)11-3-1-2-8-15-11/h4-7,11,15H,1-3,8H2/p+1/t11-/m1/s1. The molecule has 4 nitrogen and oxygen atoms in total. The molecule has 1 aromatic carbocycles. The molecule has 94 valence electrons. The SMILES string of the molecule is Brc1ccc(-c2noc([C@H]3CCCC[NH2+]3)n2)cc1. The van der Waals surface area contributed by atoms with Crippen molar-refractivity contribution in [3.63, 3.8) is 0 Å². The molecule has 18 heavy (non-hydrogen) atoms. The molecule has 1 fully saturated rings. The lowest BCUT2D eigenvalue weighted by Gasteiger charge is -2.15. The maximum absolute atomic E-state index is 5.38. The summed E-state index contributed by atoms with van der Waals surface area (Å²) in [5.41, 5.74) is 0.990. The van der Waals surface area contributed by atoms with Gasteiger partial charge in [-0.2, -0.15) is 4.98 Å². The lowest BCUT2D eigenvalue weighted by molar-refractivity contribution is -0.706. The highest BCUT2D eigenvalue weighted by Crippen LogP contribution is 2.22. The zero-order valence-electron chi connectivity index (χ0n) is 9.97. The zero-order valence-corrected chi connectivity index (χ0v) is 11.6. The van der Waals surface area contributed by atoms with E-state index < -0.39 is 0 Å². The molecule has 0 amide bonds. The fourth-order valence-corrected chi connectivity index (χ4v) is 2.54. The smallest absolute Gasteiger partial charge is 0.285 e. The predicted molar refractivity (Wildman–Crippen MR) is 70.8 cm³/mol. The first-order chi connectivity index (χ1) is 8.83. The number of benzene rings is 1. The average Bonchev–Trinajstić information content (AvgIpc) is 2.90. The molecular weight excluding hydrogens is 294 g/mol. The molecule has 0 spiro atoms. The van der Waals surface area contributed by atoms with E-state index in [4.69, 9.17) is 4.52 Å². The van der Waals surface area contributed by atoms with Crippen LogP contribution in [0.1, 0.15) is 31.2 Å². The summed E-state index contributed by atoms with van der Waals surface area (Å²) in [6, 6.07) is 8.29. The van der Waals surface area contributed by atoms with Crippen LogP contribution in [-0.2, 0) is 0 Å². The van der Waals surface area contributed by atoms with Crippen LogP contribution in [0.15, 0.2) is 33.3 Å². The van der Waals surface area contributed by atoms with E-state index in [0.29, 0.717) is 11.9 Å². The fraction of sp³-hybridized carbons (Fsp3) is 0.385. The second-order valence-corrected chi connectivity index (χ2v) is 5.51. The molecule has 2 aromatic rings. The summed E-state index contributed by atoms with van der Waals surface area (Å²) in [4.78, 5) is 4.51. The van der Waals surface area contributed by atoms with Gasteiger partial charge in [0.1, 0.15) is 0 Å². The van der Waals surface area contributed by atoms with Gasteiger partial charge in [-0.3, -0.25) is 0 Å². The highest BCUT2D eigenvalue weighted by molar-refractivity contribution is 9.10. The van der Waals surface area contributed by atoms with Gasteiger partial charge in [-0.25, -0.2) is 0 Å². The van der Waals surface area contributed by atoms with Crippen molar-refractivity contribution in [2.75, 3.05) is 6.54 Å². The molecule has 0 saturated carbocycles. The Hall–Kier alpha value is -1.20. The number of piperidine rings is 1. The molecule has 1 aliphatic heterocycles. The van der Waals surface area contributed by atoms with E-state index in [-0.39, 0.29) is 0 Å². The van der Waals surface area contributed by atoms with E-state index in [1.807, 2.05) is 24.3 Å². The monoisotopic (exact) mass is 308 g/mol. The molecule has 2 heterocycles. The first-order valence-electron chi connectivity index (χ1n) is 6.26. The molecule has 0 unspecified atom stereocenters. The van der Waals surface area contributed by atoms with Gasteiger partial charge >= 0.3 is 0 Å². The minimum Gasteiger partial charge on any atom is -0.336 e. The van der Waals surface area contributed by atoms with Gasteiger partial charge in [0.15, 0.2) is 6.04 Å². The summed E-state index contributed by atoms with van der Waals surface area (Å²) in [7, 11) is 0. The maximum Gasteiger partial charge on any atom is 0.285 e. The van der Waals surface area contributed by atoms with Crippen molar-refractivity contribution in [2.45, 2.75) is 25.3 Å². The van der Waals surface area contributed by atoms with Crippen molar-refractivity contribution < 1.29 is 9.84 Å². The van der Waals surface area contributed by atoms with Gasteiger partial charge in [-0.15, -0.1) is 0 Å². The van der Waals surface area contributed by atoms with E-state index in [1.165, 1.54) is 12.8 Å². The van der Waals surface area contributed by atoms with E-state index in [2.05, 4.69) is 31.4 Å². The van der Waals surface area contributed by atoms with E-state index in [9.17, 15) is 0 Å². The van der Waals surface area contributed by atoms with Crippen LogP contribution in [0, 0.1) is 0 Å². The molecule has 3 rings (SSSR count). The molecule has 0 bridgehead atoms. The fourth-order valence-electron chi connectivity index (χ4n) is 2.27. The molecule has 1 atom stereocenters. The molecule has 5 heteroatoms. The van der Waals surface area contributed by atoms with Crippen LogP contribution in [-0.4, -0.2) is 16.7 Å². The summed E-state index contributed by atoms with van der Waals surface area (Å²) in [6.07, 6.45) is 3.66. The molecular formula is C13H15BrN3O+. The number of nitrogens with zero attached hydrogens (tertiary/aromatic N) is 2. The highest BCUT2D eigenvalue weighted by Gasteiger charge is 2.24. The van der Waals surface area contributed by atoms with Crippen molar-refractivity contribution in [3.8, 4) is 11.4 Å². The van der Waals surface area contributed by atoms with Crippen LogP contribution in [0.2, 0.25) is 0 Å². The van der Waals surface area contributed by atoms with Gasteiger partial charge in [-0.05, 0) is 37.1 Å². The molecule has 2 N–H and O–H groups in total. The van der Waals surface area contributed by atoms with Crippen molar-refractivity contribution in [2.24, 2.45) is 0 Å². The van der Waals surface area contributed by atoms with Crippen molar-refractivity contribution in [1.29, 1.82) is 0 Å². The number of halogens is 1. The Morgan fingerprint density at radius 2 is 2.06 bits per heavy atom. The first kappa shape index (κ1) is 11.9. The average molecular weight is 309 g/mol. The topological polar surface area (TPSA) is 55.5 Å². The van der Waals surface area contributed by atoms with Crippen LogP contribution < -0.4 is 5.32 Å². The Bertz CT molecular complexity index is 517. The molecule has 1 aromatic heterocycles. The lowest BCUT2D eigenvalue weighted by atomic mass is 10.1. The van der Waals surface area contributed by atoms with E-state index in [0.717, 1.165) is 28.9 Å². The summed E-state index contributed by atoms with van der Waals surface area (Å²) >= 11 is 3.42. The molecule has 0 aliphatic carbocycles. The van der Waals surface area contributed by atoms with E-state index in [1.54, 1.807) is 0 Å². The summed E-state index contributed by atoms with van der Waals surface area (Å²) in [6.45, 7) is 1.15.